The first-order valence-corrected chi connectivity index (χ1v) is 10.9. The highest BCUT2D eigenvalue weighted by Crippen LogP contribution is 2.48. The molecule has 0 aromatic heterocycles. The van der Waals surface area contributed by atoms with Crippen LogP contribution in [0, 0.1) is 12.7 Å². The van der Waals surface area contributed by atoms with Crippen molar-refractivity contribution in [3.63, 3.8) is 0 Å². The Morgan fingerprint density at radius 1 is 1.03 bits per heavy atom. The third kappa shape index (κ3) is 3.38. The third-order valence-corrected chi connectivity index (χ3v) is 6.47. The zero-order valence-corrected chi connectivity index (χ0v) is 18.7. The van der Waals surface area contributed by atoms with Gasteiger partial charge in [-0.15, -0.1) is 0 Å². The molecule has 3 nitrogen and oxygen atoms in total. The Hall–Kier alpha value is -2.18. The van der Waals surface area contributed by atoms with Crippen molar-refractivity contribution in [2.75, 3.05) is 0 Å². The average molecular weight is 516 g/mol. The lowest BCUT2D eigenvalue weighted by atomic mass is 9.95. The van der Waals surface area contributed by atoms with E-state index in [9.17, 15) is 4.39 Å². The van der Waals surface area contributed by atoms with Crippen molar-refractivity contribution in [1.29, 1.82) is 0 Å². The first-order chi connectivity index (χ1) is 14.0. The van der Waals surface area contributed by atoms with Gasteiger partial charge in [-0.05, 0) is 58.7 Å². The van der Waals surface area contributed by atoms with Crippen molar-refractivity contribution in [1.82, 2.24) is 5.01 Å². The molecule has 0 radical (unpaired) electrons. The zero-order chi connectivity index (χ0) is 20.1. The summed E-state index contributed by atoms with van der Waals surface area (Å²) in [6.07, 6.45) is 0.364. The molecular weight excluding hydrogens is 499 g/mol. The summed E-state index contributed by atoms with van der Waals surface area (Å²) in [7, 11) is 0. The van der Waals surface area contributed by atoms with Crippen molar-refractivity contribution in [3.8, 4) is 5.75 Å². The van der Waals surface area contributed by atoms with Gasteiger partial charge in [0.05, 0.1) is 16.2 Å². The van der Waals surface area contributed by atoms with Gasteiger partial charge in [-0.1, -0.05) is 51.8 Å². The van der Waals surface area contributed by atoms with Gasteiger partial charge in [-0.2, -0.15) is 5.10 Å². The molecule has 0 fully saturated rings. The van der Waals surface area contributed by atoms with E-state index in [-0.39, 0.29) is 11.9 Å². The maximum absolute atomic E-state index is 13.8. The zero-order valence-electron chi connectivity index (χ0n) is 15.6. The predicted molar refractivity (Wildman–Crippen MR) is 119 cm³/mol. The van der Waals surface area contributed by atoms with Crippen LogP contribution in [-0.4, -0.2) is 10.7 Å². The first-order valence-electron chi connectivity index (χ1n) is 9.33. The van der Waals surface area contributed by atoms with Crippen LogP contribution in [0.4, 0.5) is 4.39 Å². The van der Waals surface area contributed by atoms with Crippen LogP contribution in [0.3, 0.4) is 0 Å². The molecule has 0 spiro atoms. The molecule has 3 aromatic carbocycles. The van der Waals surface area contributed by atoms with E-state index in [0.29, 0.717) is 4.47 Å². The molecule has 29 heavy (non-hydrogen) atoms. The highest BCUT2D eigenvalue weighted by atomic mass is 79.9. The highest BCUT2D eigenvalue weighted by molar-refractivity contribution is 9.10. The number of benzene rings is 3. The van der Waals surface area contributed by atoms with Crippen LogP contribution < -0.4 is 4.74 Å². The Morgan fingerprint density at radius 3 is 2.59 bits per heavy atom. The monoisotopic (exact) mass is 514 g/mol. The molecule has 6 heteroatoms. The Morgan fingerprint density at radius 2 is 1.83 bits per heavy atom. The molecule has 0 aliphatic carbocycles. The van der Waals surface area contributed by atoms with Crippen molar-refractivity contribution in [2.45, 2.75) is 25.6 Å². The molecular formula is C23H17Br2FN2O. The van der Waals surface area contributed by atoms with Crippen LogP contribution in [0.15, 0.2) is 74.7 Å². The van der Waals surface area contributed by atoms with Gasteiger partial charge in [0.1, 0.15) is 11.6 Å². The molecule has 0 saturated carbocycles. The van der Waals surface area contributed by atoms with E-state index >= 15 is 0 Å². The summed E-state index contributed by atoms with van der Waals surface area (Å²) < 4.78 is 21.6. The molecule has 2 aliphatic heterocycles. The van der Waals surface area contributed by atoms with E-state index in [1.807, 2.05) is 17.1 Å². The van der Waals surface area contributed by atoms with Gasteiger partial charge in [0.2, 0.25) is 6.23 Å². The van der Waals surface area contributed by atoms with Crippen molar-refractivity contribution in [3.05, 3.63) is 97.7 Å². The SMILES string of the molecule is Cc1ccc(C2=NN3[C@@H](C2)c2cc(Br)ccc2O[C@H]3c2ccc(F)c(Br)c2)cc1. The smallest absolute Gasteiger partial charge is 0.213 e. The number of rotatable bonds is 2. The standard InChI is InChI=1S/C23H17Br2FN2O/c1-13-2-4-14(5-3-13)20-12-21-17-11-16(24)7-9-22(17)29-23(28(21)27-20)15-6-8-19(26)18(25)10-15/h2-11,21,23H,12H2,1H3/t21-,23-/m0/s1. The molecule has 2 atom stereocenters. The molecule has 5 rings (SSSR count). The predicted octanol–water partition coefficient (Wildman–Crippen LogP) is 6.90. The Labute approximate surface area is 185 Å². The van der Waals surface area contributed by atoms with Gasteiger partial charge in [-0.25, -0.2) is 9.40 Å². The molecule has 0 unspecified atom stereocenters. The highest BCUT2D eigenvalue weighted by Gasteiger charge is 2.41. The van der Waals surface area contributed by atoms with Gasteiger partial charge < -0.3 is 4.74 Å². The normalized spacial score (nSPS) is 20.0. The summed E-state index contributed by atoms with van der Waals surface area (Å²) in [4.78, 5) is 0. The second-order valence-electron chi connectivity index (χ2n) is 7.34. The van der Waals surface area contributed by atoms with E-state index in [0.717, 1.165) is 39.0 Å². The van der Waals surface area contributed by atoms with Gasteiger partial charge in [-0.3, -0.25) is 0 Å². The number of hydrazone groups is 1. The number of fused-ring (bicyclic) bond motifs is 3. The first kappa shape index (κ1) is 18.8. The Balaban J connectivity index is 1.61. The summed E-state index contributed by atoms with van der Waals surface area (Å²) >= 11 is 6.86. The quantitative estimate of drug-likeness (QED) is 0.370. The van der Waals surface area contributed by atoms with Gasteiger partial charge >= 0.3 is 0 Å². The summed E-state index contributed by atoms with van der Waals surface area (Å²) in [5, 5.41) is 6.95. The van der Waals surface area contributed by atoms with Crippen LogP contribution in [0.1, 0.15) is 40.9 Å². The van der Waals surface area contributed by atoms with Crippen molar-refractivity contribution in [2.24, 2.45) is 5.10 Å². The number of aryl methyl sites for hydroxylation is 1. The molecule has 0 saturated heterocycles. The minimum Gasteiger partial charge on any atom is -0.464 e. The second-order valence-corrected chi connectivity index (χ2v) is 9.11. The maximum Gasteiger partial charge on any atom is 0.213 e. The largest absolute Gasteiger partial charge is 0.464 e. The van der Waals surface area contributed by atoms with Crippen LogP contribution in [0.25, 0.3) is 0 Å². The summed E-state index contributed by atoms with van der Waals surface area (Å²) in [6.45, 7) is 2.08. The lowest BCUT2D eigenvalue weighted by Gasteiger charge is -2.38. The fourth-order valence-corrected chi connectivity index (χ4v) is 4.64. The molecule has 2 aliphatic rings. The summed E-state index contributed by atoms with van der Waals surface area (Å²) in [5.74, 6) is 0.538. The molecule has 0 bridgehead atoms. The Kier molecular flexibility index (Phi) is 4.71. The average Bonchev–Trinajstić information content (AvgIpc) is 3.16. The summed E-state index contributed by atoms with van der Waals surface area (Å²) in [6, 6.07) is 19.5. The molecule has 146 valence electrons. The topological polar surface area (TPSA) is 24.8 Å². The Bertz CT molecular complexity index is 1130. The second kappa shape index (κ2) is 7.26. The molecule has 0 N–H and O–H groups in total. The van der Waals surface area contributed by atoms with E-state index < -0.39 is 6.23 Å². The van der Waals surface area contributed by atoms with E-state index in [4.69, 9.17) is 9.84 Å². The third-order valence-electron chi connectivity index (χ3n) is 5.37. The fourth-order valence-electron chi connectivity index (χ4n) is 3.86. The maximum atomic E-state index is 13.8. The van der Waals surface area contributed by atoms with Crippen LogP contribution in [0.2, 0.25) is 0 Å². The number of hydrogen-bond donors (Lipinski definition) is 0. The lowest BCUT2D eigenvalue weighted by Crippen LogP contribution is -2.33. The fraction of sp³-hybridized carbons (Fsp3) is 0.174. The van der Waals surface area contributed by atoms with Crippen LogP contribution in [-0.2, 0) is 0 Å². The van der Waals surface area contributed by atoms with Crippen molar-refractivity contribution >= 4 is 37.6 Å². The van der Waals surface area contributed by atoms with Gasteiger partial charge in [0, 0.05) is 22.0 Å². The molecule has 0 amide bonds. The number of hydrogen-bond acceptors (Lipinski definition) is 3. The van der Waals surface area contributed by atoms with Gasteiger partial charge in [0.15, 0.2) is 0 Å². The lowest BCUT2D eigenvalue weighted by molar-refractivity contribution is -0.0191. The number of nitrogens with zero attached hydrogens (tertiary/aromatic N) is 2. The van der Waals surface area contributed by atoms with E-state index in [1.54, 1.807) is 12.1 Å². The van der Waals surface area contributed by atoms with Crippen molar-refractivity contribution < 1.29 is 9.13 Å². The van der Waals surface area contributed by atoms with E-state index in [2.05, 4.69) is 69.1 Å². The van der Waals surface area contributed by atoms with E-state index in [1.165, 1.54) is 11.6 Å². The molecule has 3 aromatic rings. The van der Waals surface area contributed by atoms with Gasteiger partial charge in [0.25, 0.3) is 0 Å². The minimum absolute atomic E-state index is 0.0568. The number of ether oxygens (including phenoxy) is 1. The minimum atomic E-state index is -0.423. The molecule has 2 heterocycles. The summed E-state index contributed by atoms with van der Waals surface area (Å²) in [5.41, 5.74) is 5.31. The number of halogens is 3. The van der Waals surface area contributed by atoms with Crippen LogP contribution in [0.5, 0.6) is 5.75 Å². The van der Waals surface area contributed by atoms with Crippen LogP contribution >= 0.6 is 31.9 Å².